The second kappa shape index (κ2) is 10.4. The summed E-state index contributed by atoms with van der Waals surface area (Å²) in [6.45, 7) is 0. The molecule has 0 radical (unpaired) electrons. The zero-order valence-electron chi connectivity index (χ0n) is 7.78. The van der Waals surface area contributed by atoms with Crippen molar-refractivity contribution in [2.45, 2.75) is 0 Å². The zero-order valence-corrected chi connectivity index (χ0v) is 11.1. The van der Waals surface area contributed by atoms with Crippen LogP contribution in [0.5, 0.6) is 0 Å². The van der Waals surface area contributed by atoms with Crippen molar-refractivity contribution in [3.8, 4) is 0 Å². The van der Waals surface area contributed by atoms with Crippen LogP contribution in [0.3, 0.4) is 0 Å². The Morgan fingerprint density at radius 1 is 1.67 bits per heavy atom. The van der Waals surface area contributed by atoms with Gasteiger partial charge in [-0.1, -0.05) is 30.0 Å². The Morgan fingerprint density at radius 3 is 2.93 bits per heavy atom. The normalized spacial score (nSPS) is 9.33. The standard InChI is InChI=1S/C8H9N3S2.ClH.Cu/c1-13-8(12)11-10-6-7-4-2-3-5-9-7;;/h2-6H,1H3,(H,11,12);1H;/q;;+1/p-1. The molecule has 0 fully saturated rings. The number of thioether (sulfide) groups is 1. The number of nitrogens with one attached hydrogen (secondary N) is 1. The second-order valence-corrected chi connectivity index (χ2v) is 3.60. The van der Waals surface area contributed by atoms with Gasteiger partial charge >= 0.3 is 25.2 Å². The Kier molecular flexibility index (Phi) is 10.3. The minimum absolute atomic E-state index is 0.646. The summed E-state index contributed by atoms with van der Waals surface area (Å²) in [5.74, 6) is 0. The van der Waals surface area contributed by atoms with Crippen molar-refractivity contribution >= 4 is 44.6 Å². The van der Waals surface area contributed by atoms with Crippen molar-refractivity contribution in [3.63, 3.8) is 0 Å². The molecular weight excluding hydrogens is 301 g/mol. The molecule has 1 rings (SSSR count). The molecule has 1 aromatic rings. The van der Waals surface area contributed by atoms with Crippen molar-refractivity contribution in [3.05, 3.63) is 30.1 Å². The molecule has 0 aliphatic rings. The quantitative estimate of drug-likeness (QED) is 0.394. The maximum absolute atomic E-state index is 4.89. The van der Waals surface area contributed by atoms with Gasteiger partial charge in [-0.2, -0.15) is 5.10 Å². The molecule has 3 nitrogen and oxygen atoms in total. The van der Waals surface area contributed by atoms with E-state index in [4.69, 9.17) is 12.2 Å². The predicted molar refractivity (Wildman–Crippen MR) is 66.9 cm³/mol. The van der Waals surface area contributed by atoms with Gasteiger partial charge in [-0.3, -0.25) is 10.4 Å². The van der Waals surface area contributed by atoms with Crippen LogP contribution in [-0.4, -0.2) is 21.8 Å². The van der Waals surface area contributed by atoms with Crippen molar-refractivity contribution in [1.82, 2.24) is 10.4 Å². The van der Waals surface area contributed by atoms with Gasteiger partial charge in [0.05, 0.1) is 11.9 Å². The predicted octanol–water partition coefficient (Wildman–Crippen LogP) is 2.34. The van der Waals surface area contributed by atoms with Crippen LogP contribution in [0.4, 0.5) is 0 Å². The fourth-order valence-corrected chi connectivity index (χ4v) is 0.846. The van der Waals surface area contributed by atoms with Crippen LogP contribution in [0.15, 0.2) is 29.5 Å². The van der Waals surface area contributed by atoms with Gasteiger partial charge in [0.1, 0.15) is 0 Å². The monoisotopic (exact) mass is 309 g/mol. The fraction of sp³-hybridized carbons (Fsp3) is 0.125. The van der Waals surface area contributed by atoms with E-state index in [9.17, 15) is 0 Å². The number of hydrogen-bond acceptors (Lipinski definition) is 4. The Bertz CT molecular complexity index is 308. The first kappa shape index (κ1) is 14.9. The summed E-state index contributed by atoms with van der Waals surface area (Å²) < 4.78 is 0.646. The third-order valence-electron chi connectivity index (χ3n) is 1.23. The molecule has 0 aliphatic heterocycles. The van der Waals surface area contributed by atoms with Crippen LogP contribution in [0, 0.1) is 0 Å². The number of pyridine rings is 1. The summed E-state index contributed by atoms with van der Waals surface area (Å²) in [5.41, 5.74) is 3.51. The summed E-state index contributed by atoms with van der Waals surface area (Å²) in [5, 5.41) is 3.91. The van der Waals surface area contributed by atoms with Gasteiger partial charge in [0, 0.05) is 6.20 Å². The minimum atomic E-state index is 0.646. The molecule has 0 saturated carbocycles. The number of hydrazone groups is 1. The van der Waals surface area contributed by atoms with Gasteiger partial charge in [0.15, 0.2) is 4.32 Å². The van der Waals surface area contributed by atoms with E-state index in [1.165, 1.54) is 11.8 Å². The molecule has 1 heterocycles. The van der Waals surface area contributed by atoms with Crippen molar-refractivity contribution < 1.29 is 15.1 Å². The van der Waals surface area contributed by atoms with Crippen LogP contribution in [0.1, 0.15) is 5.69 Å². The van der Waals surface area contributed by atoms with E-state index >= 15 is 0 Å². The molecule has 1 N–H and O–H groups in total. The molecule has 0 unspecified atom stereocenters. The summed E-state index contributed by atoms with van der Waals surface area (Å²) in [4.78, 5) is 4.06. The molecule has 0 bridgehead atoms. The van der Waals surface area contributed by atoms with E-state index in [0.717, 1.165) is 5.69 Å². The van der Waals surface area contributed by atoms with E-state index in [1.807, 2.05) is 24.5 Å². The number of halogens is 1. The summed E-state index contributed by atoms with van der Waals surface area (Å²) in [7, 11) is 4.20. The van der Waals surface area contributed by atoms with E-state index < -0.39 is 0 Å². The third kappa shape index (κ3) is 7.76. The molecule has 15 heavy (non-hydrogen) atoms. The molecule has 0 saturated heterocycles. The maximum atomic E-state index is 4.89. The average molecular weight is 310 g/mol. The van der Waals surface area contributed by atoms with Crippen LogP contribution in [0.2, 0.25) is 0 Å². The van der Waals surface area contributed by atoms with Crippen molar-refractivity contribution in [2.24, 2.45) is 5.10 Å². The molecule has 7 heteroatoms. The second-order valence-electron chi connectivity index (χ2n) is 2.12. The van der Waals surface area contributed by atoms with Crippen molar-refractivity contribution in [1.29, 1.82) is 0 Å². The van der Waals surface area contributed by atoms with E-state index in [2.05, 4.69) is 40.7 Å². The Balaban J connectivity index is 0.000000921. The van der Waals surface area contributed by atoms with Crippen LogP contribution >= 0.6 is 34.1 Å². The first-order chi connectivity index (χ1) is 7.33. The number of rotatable bonds is 2. The molecule has 0 amide bonds. The Labute approximate surface area is 111 Å². The van der Waals surface area contributed by atoms with Gasteiger partial charge in [-0.15, -0.1) is 0 Å². The molecular formula is C8H9ClCuN3S2. The summed E-state index contributed by atoms with van der Waals surface area (Å²) >= 11 is 9.99. The van der Waals surface area contributed by atoms with Gasteiger partial charge in [-0.25, -0.2) is 0 Å². The number of thiocarbonyl (C=S) groups is 1. The van der Waals surface area contributed by atoms with Gasteiger partial charge in [0.2, 0.25) is 0 Å². The number of aromatic nitrogens is 1. The van der Waals surface area contributed by atoms with Crippen LogP contribution < -0.4 is 5.43 Å². The van der Waals surface area contributed by atoms with Gasteiger partial charge in [0.25, 0.3) is 0 Å². The molecule has 0 atom stereocenters. The van der Waals surface area contributed by atoms with Crippen LogP contribution in [0.25, 0.3) is 0 Å². The van der Waals surface area contributed by atoms with E-state index in [0.29, 0.717) is 4.32 Å². The number of hydrogen-bond donors (Lipinski definition) is 1. The zero-order chi connectivity index (χ0) is 11.5. The third-order valence-corrected chi connectivity index (χ3v) is 2.28. The average Bonchev–Trinajstić information content (AvgIpc) is 2.33. The fourth-order valence-electron chi connectivity index (χ4n) is 0.649. The topological polar surface area (TPSA) is 37.3 Å². The van der Waals surface area contributed by atoms with Crippen molar-refractivity contribution in [2.75, 3.05) is 6.26 Å². The SMILES string of the molecule is CSC(=S)NN=Cc1ccccn1.[Cl][Cu]. The van der Waals surface area contributed by atoms with Gasteiger partial charge < -0.3 is 0 Å². The first-order valence-corrected chi connectivity index (χ1v) is 6.65. The van der Waals surface area contributed by atoms with Crippen LogP contribution in [-0.2, 0) is 15.1 Å². The summed E-state index contributed by atoms with van der Waals surface area (Å²) in [6.07, 6.45) is 5.24. The van der Waals surface area contributed by atoms with Gasteiger partial charge in [-0.05, 0) is 18.4 Å². The Morgan fingerprint density at radius 2 is 2.40 bits per heavy atom. The molecule has 0 spiro atoms. The Hall–Kier alpha value is -0.131. The molecule has 0 aliphatic carbocycles. The summed E-state index contributed by atoms with van der Waals surface area (Å²) in [6, 6.07) is 5.63. The van der Waals surface area contributed by atoms with E-state index in [1.54, 1.807) is 12.4 Å². The molecule has 86 valence electrons. The van der Waals surface area contributed by atoms with E-state index in [-0.39, 0.29) is 0 Å². The number of nitrogens with zero attached hydrogens (tertiary/aromatic N) is 2. The molecule has 1 aromatic heterocycles. The first-order valence-electron chi connectivity index (χ1n) is 3.72. The molecule has 0 aromatic carbocycles.